The van der Waals surface area contributed by atoms with Crippen LogP contribution in [0.2, 0.25) is 0 Å². The van der Waals surface area contributed by atoms with Gasteiger partial charge in [0.15, 0.2) is 0 Å². The van der Waals surface area contributed by atoms with E-state index in [0.29, 0.717) is 5.92 Å². The van der Waals surface area contributed by atoms with Crippen LogP contribution in [-0.2, 0) is 0 Å². The number of thiophene rings is 1. The Morgan fingerprint density at radius 3 is 1.51 bits per heavy atom. The Bertz CT molecular complexity index is 5240. The summed E-state index contributed by atoms with van der Waals surface area (Å²) in [5, 5.41) is 15.6. The molecule has 81 heavy (non-hydrogen) atoms. The van der Waals surface area contributed by atoms with E-state index in [-0.39, 0.29) is 11.8 Å². The maximum absolute atomic E-state index is 2.58. The lowest BCUT2D eigenvalue weighted by molar-refractivity contribution is 0.443. The van der Waals surface area contributed by atoms with E-state index in [1.54, 1.807) is 0 Å². The second-order valence-corrected chi connectivity index (χ2v) is 23.7. The number of rotatable bonds is 6. The van der Waals surface area contributed by atoms with E-state index in [4.69, 9.17) is 0 Å². The average molecular weight is 1050 g/mol. The Labute approximate surface area is 473 Å². The van der Waals surface area contributed by atoms with E-state index in [9.17, 15) is 0 Å². The molecule has 3 heterocycles. The predicted octanol–water partition coefficient (Wildman–Crippen LogP) is 19.4. The van der Waals surface area contributed by atoms with E-state index in [0.717, 1.165) is 12.1 Å². The maximum Gasteiger partial charge on any atom is 0.0547 e. The Balaban J connectivity index is 0.916. The molecule has 2 nitrogen and oxygen atoms in total. The molecule has 3 unspecified atom stereocenters. The Morgan fingerprint density at radius 2 is 0.852 bits per heavy atom. The average Bonchev–Trinajstić information content (AvgIpc) is 4.41. The van der Waals surface area contributed by atoms with Gasteiger partial charge in [-0.15, -0.1) is 11.3 Å². The number of allylic oxidation sites excluding steroid dienone is 2. The third kappa shape index (κ3) is 6.79. The van der Waals surface area contributed by atoms with Gasteiger partial charge in [-0.25, -0.2) is 0 Å². The fraction of sp³-hybridized carbons (Fsp3) is 0.0769. The summed E-state index contributed by atoms with van der Waals surface area (Å²) in [6.07, 6.45) is 6.16. The first-order chi connectivity index (χ1) is 40.1. The highest BCUT2D eigenvalue weighted by Crippen LogP contribution is 2.53. The number of hydrogen-bond donors (Lipinski definition) is 0. The molecule has 3 atom stereocenters. The van der Waals surface area contributed by atoms with Crippen molar-refractivity contribution >= 4 is 108 Å². The van der Waals surface area contributed by atoms with Gasteiger partial charge >= 0.3 is 0 Å². The number of nitrogens with zero attached hydrogens (tertiary/aromatic N) is 2. The zero-order chi connectivity index (χ0) is 53.4. The van der Waals surface area contributed by atoms with E-state index < -0.39 is 0 Å². The van der Waals surface area contributed by atoms with Gasteiger partial charge in [0, 0.05) is 59.0 Å². The van der Waals surface area contributed by atoms with Gasteiger partial charge in [0.05, 0.1) is 22.1 Å². The van der Waals surface area contributed by atoms with E-state index in [1.807, 2.05) is 11.3 Å². The van der Waals surface area contributed by atoms with Gasteiger partial charge in [-0.3, -0.25) is 0 Å². The predicted molar refractivity (Wildman–Crippen MR) is 346 cm³/mol. The molecule has 0 saturated heterocycles. The third-order valence-corrected chi connectivity index (χ3v) is 19.4. The van der Waals surface area contributed by atoms with Crippen molar-refractivity contribution in [3.63, 3.8) is 0 Å². The molecule has 0 N–H and O–H groups in total. The molecule has 15 aromatic rings. The van der Waals surface area contributed by atoms with Crippen molar-refractivity contribution in [3.05, 3.63) is 288 Å². The summed E-state index contributed by atoms with van der Waals surface area (Å²) in [5.41, 5.74) is 19.2. The number of fused-ring (bicyclic) bond motifs is 13. The van der Waals surface area contributed by atoms with Gasteiger partial charge in [0.25, 0.3) is 0 Å². The molecule has 3 heteroatoms. The zero-order valence-corrected chi connectivity index (χ0v) is 45.9. The van der Waals surface area contributed by atoms with Crippen LogP contribution < -0.4 is 10.4 Å². The van der Waals surface area contributed by atoms with Gasteiger partial charge < -0.3 is 9.13 Å². The highest BCUT2D eigenvalue weighted by atomic mass is 32.1. The van der Waals surface area contributed by atoms with Crippen molar-refractivity contribution in [2.24, 2.45) is 17.8 Å². The lowest BCUT2D eigenvalue weighted by Crippen LogP contribution is -2.41. The Kier molecular flexibility index (Phi) is 10.3. The van der Waals surface area contributed by atoms with Gasteiger partial charge in [-0.2, -0.15) is 0 Å². The minimum Gasteiger partial charge on any atom is -0.309 e. The molecule has 12 aromatic carbocycles. The molecule has 0 spiro atoms. The van der Waals surface area contributed by atoms with Crippen molar-refractivity contribution in [1.29, 1.82) is 0 Å². The molecule has 17 rings (SSSR count). The second kappa shape index (κ2) is 18.0. The quantitative estimate of drug-likeness (QED) is 0.116. The zero-order valence-electron chi connectivity index (χ0n) is 45.1. The molecular weight excluding hydrogens is 997 g/mol. The minimum atomic E-state index is 0.187. The summed E-state index contributed by atoms with van der Waals surface area (Å²) >= 11 is 1.96. The fourth-order valence-electron chi connectivity index (χ4n) is 15.0. The minimum absolute atomic E-state index is 0.187. The number of aromatic nitrogens is 2. The standard InChI is InChI=1S/C78H54N2S/c1-47-41-43-57-64(45-47)74(60-33-19-39-69-76(60)65-46-48(2)42-44-67(65)80(69)50-23-7-4-8-24-50)56-30-14-13-29-55(56)73(57)62-35-17-36-63-77-61(34-20-40-70(77)81-78(62)63)72-53-27-11-9-25-51(53)71(52-26-10-12-28-54(52)72)59-32-18-38-68-75(59)58-31-15-16-37-66(58)79(68)49-21-5-3-6-22-49/h3-44,46-47,57,64H,45H2,1-2H3. The largest absolute Gasteiger partial charge is 0.309 e. The number of benzene rings is 12. The van der Waals surface area contributed by atoms with Gasteiger partial charge in [0.2, 0.25) is 0 Å². The topological polar surface area (TPSA) is 9.86 Å². The van der Waals surface area contributed by atoms with Crippen LogP contribution in [0.1, 0.15) is 30.0 Å². The smallest absolute Gasteiger partial charge is 0.0547 e. The lowest BCUT2D eigenvalue weighted by Gasteiger charge is -2.38. The molecule has 0 amide bonds. The van der Waals surface area contributed by atoms with E-state index in [1.165, 1.54) is 152 Å². The van der Waals surface area contributed by atoms with Gasteiger partial charge in [-0.1, -0.05) is 213 Å². The summed E-state index contributed by atoms with van der Waals surface area (Å²) in [6.45, 7) is 4.64. The van der Waals surface area contributed by atoms with E-state index >= 15 is 0 Å². The van der Waals surface area contributed by atoms with Crippen molar-refractivity contribution < 1.29 is 0 Å². The number of aryl methyl sites for hydroxylation is 1. The normalized spacial score (nSPS) is 16.2. The molecule has 0 saturated carbocycles. The summed E-state index contributed by atoms with van der Waals surface area (Å²) in [7, 11) is 0. The van der Waals surface area contributed by atoms with Crippen molar-refractivity contribution in [3.8, 4) is 33.6 Å². The SMILES string of the molecule is Cc1ccc2c(c1)c1c(C3=c4ccccc4=C(c4cccc5c4sc4cccc(-c6c7ccccc7c(-c7cccc8c7c7ccccc7n8-c7ccccc7)c7ccccc67)c45)C4C=CC(C)CC34)cccc1n2-c1ccccc1. The van der Waals surface area contributed by atoms with Crippen LogP contribution >= 0.6 is 11.3 Å². The first-order valence-electron chi connectivity index (χ1n) is 28.6. The first kappa shape index (κ1) is 46.4. The molecule has 2 aliphatic carbocycles. The van der Waals surface area contributed by atoms with E-state index in [2.05, 4.69) is 284 Å². The molecule has 382 valence electrons. The summed E-state index contributed by atoms with van der Waals surface area (Å²) in [4.78, 5) is 0. The summed E-state index contributed by atoms with van der Waals surface area (Å²) in [5.74, 6) is 0.909. The fourth-order valence-corrected chi connectivity index (χ4v) is 16.2. The van der Waals surface area contributed by atoms with Crippen molar-refractivity contribution in [1.82, 2.24) is 9.13 Å². The number of para-hydroxylation sites is 3. The lowest BCUT2D eigenvalue weighted by atomic mass is 9.66. The highest BCUT2D eigenvalue weighted by Gasteiger charge is 2.37. The first-order valence-corrected chi connectivity index (χ1v) is 29.5. The monoisotopic (exact) mass is 1050 g/mol. The Morgan fingerprint density at radius 1 is 0.370 bits per heavy atom. The van der Waals surface area contributed by atoms with Crippen LogP contribution in [0.25, 0.3) is 130 Å². The van der Waals surface area contributed by atoms with Crippen molar-refractivity contribution in [2.75, 3.05) is 0 Å². The molecule has 3 aromatic heterocycles. The molecule has 0 fully saturated rings. The number of hydrogen-bond acceptors (Lipinski definition) is 1. The molecule has 2 aliphatic rings. The van der Waals surface area contributed by atoms with Crippen LogP contribution in [-0.4, -0.2) is 9.13 Å². The van der Waals surface area contributed by atoms with Crippen LogP contribution in [0.4, 0.5) is 0 Å². The van der Waals surface area contributed by atoms with Crippen LogP contribution in [0.15, 0.2) is 261 Å². The van der Waals surface area contributed by atoms with Crippen molar-refractivity contribution in [2.45, 2.75) is 20.3 Å². The third-order valence-electron chi connectivity index (χ3n) is 18.2. The summed E-state index contributed by atoms with van der Waals surface area (Å²) < 4.78 is 7.58. The van der Waals surface area contributed by atoms with Crippen LogP contribution in [0.5, 0.6) is 0 Å². The highest BCUT2D eigenvalue weighted by molar-refractivity contribution is 7.26. The second-order valence-electron chi connectivity index (χ2n) is 22.7. The van der Waals surface area contributed by atoms with Gasteiger partial charge in [-0.05, 0) is 162 Å². The molecular formula is C78H54N2S. The Hall–Kier alpha value is -9.54. The van der Waals surface area contributed by atoms with Crippen LogP contribution in [0, 0.1) is 24.7 Å². The maximum atomic E-state index is 2.58. The molecule has 0 aliphatic heterocycles. The summed E-state index contributed by atoms with van der Waals surface area (Å²) in [6, 6.07) is 93.6. The molecule has 0 radical (unpaired) electrons. The van der Waals surface area contributed by atoms with Crippen LogP contribution in [0.3, 0.4) is 0 Å². The molecule has 0 bridgehead atoms. The van der Waals surface area contributed by atoms with Gasteiger partial charge in [0.1, 0.15) is 0 Å².